The third-order valence-electron chi connectivity index (χ3n) is 3.14. The van der Waals surface area contributed by atoms with Crippen molar-refractivity contribution < 1.29 is 13.2 Å². The minimum Gasteiger partial charge on any atom is -0.383 e. The van der Waals surface area contributed by atoms with Crippen molar-refractivity contribution in [2.75, 3.05) is 33.1 Å². The van der Waals surface area contributed by atoms with E-state index in [2.05, 4.69) is 15.5 Å². The summed E-state index contributed by atoms with van der Waals surface area (Å²) in [7, 11) is -1.52. The number of rotatable bonds is 9. The first kappa shape index (κ1) is 17.5. The van der Waals surface area contributed by atoms with E-state index in [4.69, 9.17) is 4.74 Å². The number of aryl methyl sites for hydroxylation is 1. The van der Waals surface area contributed by atoms with Crippen molar-refractivity contribution >= 4 is 21.2 Å². The van der Waals surface area contributed by atoms with E-state index in [1.807, 2.05) is 0 Å². The molecule has 0 fully saturated rings. The number of nitrogens with zero attached hydrogens (tertiary/aromatic N) is 2. The molecule has 0 bridgehead atoms. The van der Waals surface area contributed by atoms with E-state index >= 15 is 0 Å². The van der Waals surface area contributed by atoms with E-state index in [0.29, 0.717) is 11.6 Å². The molecule has 0 radical (unpaired) electrons. The van der Waals surface area contributed by atoms with Crippen molar-refractivity contribution in [1.29, 1.82) is 0 Å². The number of nitrogens with one attached hydrogen (secondary N) is 1. The van der Waals surface area contributed by atoms with Gasteiger partial charge in [-0.15, -0.1) is 10.2 Å². The summed E-state index contributed by atoms with van der Waals surface area (Å²) in [6.45, 7) is 5.75. The molecule has 0 aromatic carbocycles. The molecular weight excluding hydrogens is 298 g/mol. The van der Waals surface area contributed by atoms with Crippen LogP contribution in [-0.2, 0) is 25.7 Å². The average Bonchev–Trinajstić information content (AvgIpc) is 2.81. The molecule has 8 heteroatoms. The Labute approximate surface area is 124 Å². The average molecular weight is 321 g/mol. The predicted molar refractivity (Wildman–Crippen MR) is 80.8 cm³/mol. The normalized spacial score (nSPS) is 12.8. The van der Waals surface area contributed by atoms with Crippen LogP contribution in [0.25, 0.3) is 0 Å². The zero-order chi connectivity index (χ0) is 15.2. The smallest absolute Gasteiger partial charge is 0.159 e. The highest BCUT2D eigenvalue weighted by Crippen LogP contribution is 2.31. The Bertz CT molecular complexity index is 512. The summed E-state index contributed by atoms with van der Waals surface area (Å²) >= 11 is 1.38. The summed E-state index contributed by atoms with van der Waals surface area (Å²) in [5.41, 5.74) is 0. The van der Waals surface area contributed by atoms with Gasteiger partial charge < -0.3 is 10.1 Å². The summed E-state index contributed by atoms with van der Waals surface area (Å²) in [5.74, 6) is 0. The van der Waals surface area contributed by atoms with Crippen LogP contribution in [0, 0.1) is 0 Å². The molecule has 0 spiro atoms. The number of aromatic nitrogens is 2. The van der Waals surface area contributed by atoms with Gasteiger partial charge in [-0.2, -0.15) is 0 Å². The molecule has 1 N–H and O–H groups in total. The van der Waals surface area contributed by atoms with E-state index in [-0.39, 0.29) is 0 Å². The van der Waals surface area contributed by atoms with Gasteiger partial charge >= 0.3 is 0 Å². The first-order valence-corrected chi connectivity index (χ1v) is 9.22. The molecule has 0 aliphatic rings. The molecule has 1 heterocycles. The third-order valence-corrected chi connectivity index (χ3v) is 6.62. The molecule has 1 rings (SSSR count). The molecule has 0 unspecified atom stereocenters. The van der Waals surface area contributed by atoms with Gasteiger partial charge in [-0.25, -0.2) is 8.42 Å². The maximum Gasteiger partial charge on any atom is 0.159 e. The molecule has 6 nitrogen and oxygen atoms in total. The molecule has 0 aliphatic heterocycles. The lowest BCUT2D eigenvalue weighted by Crippen LogP contribution is -2.27. The maximum absolute atomic E-state index is 11.7. The monoisotopic (exact) mass is 321 g/mol. The van der Waals surface area contributed by atoms with Gasteiger partial charge in [0.25, 0.3) is 0 Å². The fourth-order valence-electron chi connectivity index (χ4n) is 1.42. The first-order valence-electron chi connectivity index (χ1n) is 6.51. The van der Waals surface area contributed by atoms with Crippen molar-refractivity contribution in [1.82, 2.24) is 15.5 Å². The van der Waals surface area contributed by atoms with Gasteiger partial charge in [-0.1, -0.05) is 11.3 Å². The topological polar surface area (TPSA) is 81.2 Å². The lowest BCUT2D eigenvalue weighted by Gasteiger charge is -2.18. The quantitative estimate of drug-likeness (QED) is 0.683. The Morgan fingerprint density at radius 1 is 1.30 bits per heavy atom. The number of methoxy groups -OCH3 is 1. The summed E-state index contributed by atoms with van der Waals surface area (Å²) in [6.07, 6.45) is 2.98. The number of hydrogen-bond donors (Lipinski definition) is 1. The van der Waals surface area contributed by atoms with Gasteiger partial charge in [0, 0.05) is 26.3 Å². The van der Waals surface area contributed by atoms with Crippen LogP contribution in [0.1, 0.15) is 30.3 Å². The van der Waals surface area contributed by atoms with E-state index < -0.39 is 14.6 Å². The van der Waals surface area contributed by atoms with E-state index in [9.17, 15) is 8.42 Å². The fraction of sp³-hybridized carbons (Fsp3) is 0.833. The molecule has 0 saturated carbocycles. The molecular formula is C12H23N3O3S2. The zero-order valence-corrected chi connectivity index (χ0v) is 14.1. The Morgan fingerprint density at radius 2 is 2.00 bits per heavy atom. The van der Waals surface area contributed by atoms with Gasteiger partial charge in [0.1, 0.15) is 14.8 Å². The second-order valence-corrected chi connectivity index (χ2v) is 8.76. The molecule has 20 heavy (non-hydrogen) atoms. The van der Waals surface area contributed by atoms with Crippen LogP contribution in [0.5, 0.6) is 0 Å². The summed E-state index contributed by atoms with van der Waals surface area (Å²) < 4.78 is 27.4. The van der Waals surface area contributed by atoms with Gasteiger partial charge in [-0.05, 0) is 26.8 Å². The lowest BCUT2D eigenvalue weighted by atomic mass is 10.2. The molecule has 0 saturated heterocycles. The van der Waals surface area contributed by atoms with E-state index in [1.54, 1.807) is 21.0 Å². The molecule has 0 atom stereocenters. The van der Waals surface area contributed by atoms with Crippen molar-refractivity contribution in [3.8, 4) is 0 Å². The van der Waals surface area contributed by atoms with Gasteiger partial charge in [-0.3, -0.25) is 0 Å². The van der Waals surface area contributed by atoms with Crippen molar-refractivity contribution in [3.05, 3.63) is 10.0 Å². The third kappa shape index (κ3) is 4.76. The fourth-order valence-corrected chi connectivity index (χ4v) is 3.24. The Kier molecular flexibility index (Phi) is 6.50. The molecule has 0 aliphatic carbocycles. The second kappa shape index (κ2) is 7.44. The van der Waals surface area contributed by atoms with Gasteiger partial charge in [0.2, 0.25) is 0 Å². The van der Waals surface area contributed by atoms with Crippen molar-refractivity contribution in [3.63, 3.8) is 0 Å². The molecule has 0 amide bonds. The van der Waals surface area contributed by atoms with Crippen LogP contribution in [0.3, 0.4) is 0 Å². The summed E-state index contributed by atoms with van der Waals surface area (Å²) in [4.78, 5) is 0. The number of hydrogen-bond acceptors (Lipinski definition) is 7. The van der Waals surface area contributed by atoms with Crippen LogP contribution in [0.2, 0.25) is 0 Å². The highest BCUT2D eigenvalue weighted by molar-refractivity contribution is 7.91. The highest BCUT2D eigenvalue weighted by Gasteiger charge is 2.35. The molecule has 1 aromatic rings. The second-order valence-electron chi connectivity index (χ2n) is 5.13. The van der Waals surface area contributed by atoms with Crippen LogP contribution in [0.4, 0.5) is 0 Å². The standard InChI is InChI=1S/C12H23N3O3S2/c1-12(2,20(4,16)17)11-15-14-10(19-11)6-5-7-13-8-9-18-3/h13H,5-9H2,1-4H3. The Balaban J connectivity index is 2.48. The minimum absolute atomic E-state index is 0.558. The summed E-state index contributed by atoms with van der Waals surface area (Å²) in [5, 5.41) is 12.8. The summed E-state index contributed by atoms with van der Waals surface area (Å²) in [6, 6.07) is 0. The SMILES string of the molecule is COCCNCCCc1nnc(C(C)(C)S(C)(=O)=O)s1. The van der Waals surface area contributed by atoms with Crippen LogP contribution < -0.4 is 5.32 Å². The Hall–Kier alpha value is -0.570. The lowest BCUT2D eigenvalue weighted by molar-refractivity contribution is 0.199. The molecule has 1 aromatic heterocycles. The predicted octanol–water partition coefficient (Wildman–Crippen LogP) is 0.986. The zero-order valence-electron chi connectivity index (χ0n) is 12.5. The van der Waals surface area contributed by atoms with Gasteiger partial charge in [0.05, 0.1) is 6.61 Å². The maximum atomic E-state index is 11.7. The van der Waals surface area contributed by atoms with Crippen molar-refractivity contribution in [2.45, 2.75) is 31.4 Å². The van der Waals surface area contributed by atoms with Crippen LogP contribution in [0.15, 0.2) is 0 Å². The highest BCUT2D eigenvalue weighted by atomic mass is 32.2. The van der Waals surface area contributed by atoms with Crippen molar-refractivity contribution in [2.24, 2.45) is 0 Å². The van der Waals surface area contributed by atoms with E-state index in [1.165, 1.54) is 17.6 Å². The number of ether oxygens (including phenoxy) is 1. The van der Waals surface area contributed by atoms with E-state index in [0.717, 1.165) is 30.9 Å². The largest absolute Gasteiger partial charge is 0.383 e. The van der Waals surface area contributed by atoms with Crippen LogP contribution >= 0.6 is 11.3 Å². The van der Waals surface area contributed by atoms with Crippen LogP contribution in [-0.4, -0.2) is 51.7 Å². The van der Waals surface area contributed by atoms with Gasteiger partial charge in [0.15, 0.2) is 9.84 Å². The minimum atomic E-state index is -3.20. The first-order chi connectivity index (χ1) is 9.29. The number of sulfone groups is 1. The Morgan fingerprint density at radius 3 is 2.60 bits per heavy atom. The molecule has 116 valence electrons.